The second-order valence-electron chi connectivity index (χ2n) is 8.67. The Morgan fingerprint density at radius 2 is 1.58 bits per heavy atom. The Hall–Kier alpha value is -4.35. The summed E-state index contributed by atoms with van der Waals surface area (Å²) in [5.41, 5.74) is 4.83. The van der Waals surface area contributed by atoms with Crippen molar-refractivity contribution in [2.45, 2.75) is 19.1 Å². The average Bonchev–Trinajstić information content (AvgIpc) is 2.96. The van der Waals surface area contributed by atoms with Crippen LogP contribution in [0.5, 0.6) is 5.75 Å². The maximum absolute atomic E-state index is 12.7. The highest BCUT2D eigenvalue weighted by atomic mass is 35.5. The number of methoxy groups -OCH3 is 1. The largest absolute Gasteiger partial charge is 0.489 e. The van der Waals surface area contributed by atoms with Crippen LogP contribution in [0.25, 0.3) is 17.2 Å². The molecule has 4 aromatic rings. The van der Waals surface area contributed by atoms with Gasteiger partial charge in [-0.2, -0.15) is 0 Å². The SMILES string of the molecule is COC(=O)C(Cc1ccc(OCc2ccccc2)cc1)NC(=O)/C=C/c1cccc(-c2ccc(Cl)cc2)c1. The fourth-order valence-corrected chi connectivity index (χ4v) is 4.02. The van der Waals surface area contributed by atoms with Crippen LogP contribution in [0.3, 0.4) is 0 Å². The summed E-state index contributed by atoms with van der Waals surface area (Å²) < 4.78 is 10.7. The van der Waals surface area contributed by atoms with Crippen molar-refractivity contribution in [3.63, 3.8) is 0 Å². The molecule has 0 bridgehead atoms. The van der Waals surface area contributed by atoms with Gasteiger partial charge in [-0.25, -0.2) is 4.79 Å². The van der Waals surface area contributed by atoms with Gasteiger partial charge in [0.25, 0.3) is 0 Å². The average molecular weight is 526 g/mol. The van der Waals surface area contributed by atoms with Crippen LogP contribution < -0.4 is 10.1 Å². The predicted octanol–water partition coefficient (Wildman–Crippen LogP) is 6.50. The van der Waals surface area contributed by atoms with Crippen LogP contribution in [0, 0.1) is 0 Å². The van der Waals surface area contributed by atoms with E-state index in [1.807, 2.05) is 103 Å². The topological polar surface area (TPSA) is 64.6 Å². The van der Waals surface area contributed by atoms with Crippen LogP contribution in [-0.4, -0.2) is 25.0 Å². The van der Waals surface area contributed by atoms with E-state index in [4.69, 9.17) is 21.1 Å². The zero-order valence-electron chi connectivity index (χ0n) is 21.0. The van der Waals surface area contributed by atoms with Gasteiger partial charge >= 0.3 is 5.97 Å². The van der Waals surface area contributed by atoms with E-state index in [-0.39, 0.29) is 12.3 Å². The van der Waals surface area contributed by atoms with E-state index in [2.05, 4.69) is 5.32 Å². The number of carbonyl (C=O) groups excluding carboxylic acids is 2. The first-order chi connectivity index (χ1) is 18.5. The third-order valence-corrected chi connectivity index (χ3v) is 6.16. The molecule has 0 aromatic heterocycles. The summed E-state index contributed by atoms with van der Waals surface area (Å²) in [5, 5.41) is 3.43. The molecule has 4 rings (SSSR count). The highest BCUT2D eigenvalue weighted by molar-refractivity contribution is 6.30. The van der Waals surface area contributed by atoms with Crippen molar-refractivity contribution in [2.24, 2.45) is 0 Å². The smallest absolute Gasteiger partial charge is 0.328 e. The van der Waals surface area contributed by atoms with Gasteiger partial charge in [-0.05, 0) is 64.2 Å². The normalized spacial score (nSPS) is 11.6. The Morgan fingerprint density at radius 3 is 2.29 bits per heavy atom. The summed E-state index contributed by atoms with van der Waals surface area (Å²) in [4.78, 5) is 25.0. The molecular formula is C32H28ClNO4. The highest BCUT2D eigenvalue weighted by Crippen LogP contribution is 2.23. The quantitative estimate of drug-likeness (QED) is 0.189. The molecule has 1 amide bonds. The molecule has 0 radical (unpaired) electrons. The lowest BCUT2D eigenvalue weighted by atomic mass is 10.0. The highest BCUT2D eigenvalue weighted by Gasteiger charge is 2.21. The van der Waals surface area contributed by atoms with Crippen molar-refractivity contribution in [2.75, 3.05) is 7.11 Å². The van der Waals surface area contributed by atoms with E-state index in [0.29, 0.717) is 11.6 Å². The zero-order valence-corrected chi connectivity index (χ0v) is 21.7. The first kappa shape index (κ1) is 26.7. The molecule has 0 aliphatic rings. The maximum Gasteiger partial charge on any atom is 0.328 e. The monoisotopic (exact) mass is 525 g/mol. The number of esters is 1. The lowest BCUT2D eigenvalue weighted by molar-refractivity contribution is -0.144. The predicted molar refractivity (Wildman–Crippen MR) is 151 cm³/mol. The van der Waals surface area contributed by atoms with Gasteiger partial charge in [0, 0.05) is 17.5 Å². The lowest BCUT2D eigenvalue weighted by Crippen LogP contribution is -2.42. The summed E-state index contributed by atoms with van der Waals surface area (Å²) in [7, 11) is 1.31. The van der Waals surface area contributed by atoms with E-state index < -0.39 is 12.0 Å². The van der Waals surface area contributed by atoms with Crippen LogP contribution in [0.2, 0.25) is 5.02 Å². The molecule has 192 valence electrons. The Kier molecular flexibility index (Phi) is 9.32. The molecule has 0 saturated carbocycles. The molecule has 5 nitrogen and oxygen atoms in total. The molecule has 0 spiro atoms. The van der Waals surface area contributed by atoms with Gasteiger partial charge < -0.3 is 14.8 Å². The van der Waals surface area contributed by atoms with Crippen LogP contribution >= 0.6 is 11.6 Å². The second kappa shape index (κ2) is 13.3. The lowest BCUT2D eigenvalue weighted by Gasteiger charge is -2.16. The van der Waals surface area contributed by atoms with Crippen molar-refractivity contribution >= 4 is 29.6 Å². The molecule has 1 unspecified atom stereocenters. The fraction of sp³-hybridized carbons (Fsp3) is 0.125. The molecule has 0 fully saturated rings. The summed E-state index contributed by atoms with van der Waals surface area (Å²) >= 11 is 5.99. The van der Waals surface area contributed by atoms with Gasteiger partial charge in [-0.15, -0.1) is 0 Å². The van der Waals surface area contributed by atoms with Crippen molar-refractivity contribution < 1.29 is 19.1 Å². The van der Waals surface area contributed by atoms with E-state index >= 15 is 0 Å². The van der Waals surface area contributed by atoms with E-state index in [0.717, 1.165) is 33.6 Å². The van der Waals surface area contributed by atoms with Gasteiger partial charge in [0.1, 0.15) is 18.4 Å². The Morgan fingerprint density at radius 1 is 0.842 bits per heavy atom. The molecule has 0 aliphatic carbocycles. The number of benzene rings is 4. The van der Waals surface area contributed by atoms with Crippen molar-refractivity contribution in [3.05, 3.63) is 131 Å². The molecule has 1 atom stereocenters. The maximum atomic E-state index is 12.7. The number of amides is 1. The second-order valence-corrected chi connectivity index (χ2v) is 9.11. The van der Waals surface area contributed by atoms with Gasteiger partial charge in [0.05, 0.1) is 7.11 Å². The summed E-state index contributed by atoms with van der Waals surface area (Å²) in [6.07, 6.45) is 3.41. The molecule has 38 heavy (non-hydrogen) atoms. The molecule has 0 saturated heterocycles. The van der Waals surface area contributed by atoms with E-state index in [1.165, 1.54) is 13.2 Å². The third kappa shape index (κ3) is 7.82. The summed E-state index contributed by atoms with van der Waals surface area (Å²) in [5.74, 6) is -0.180. The summed E-state index contributed by atoms with van der Waals surface area (Å²) in [6, 6.07) is 31.9. The van der Waals surface area contributed by atoms with Crippen molar-refractivity contribution in [1.82, 2.24) is 5.32 Å². The number of rotatable bonds is 10. The minimum atomic E-state index is -0.825. The standard InChI is InChI=1S/C32H28ClNO4/c1-37-32(36)30(21-24-10-17-29(18-11-24)38-22-25-6-3-2-4-7-25)34-31(35)19-12-23-8-5-9-27(20-23)26-13-15-28(33)16-14-26/h2-20,30H,21-22H2,1H3,(H,34,35)/b19-12+. The minimum Gasteiger partial charge on any atom is -0.489 e. The number of ether oxygens (including phenoxy) is 2. The van der Waals surface area contributed by atoms with Crippen LogP contribution in [0.1, 0.15) is 16.7 Å². The van der Waals surface area contributed by atoms with Gasteiger partial charge in [0.2, 0.25) is 5.91 Å². The Bertz CT molecular complexity index is 1380. The number of hydrogen-bond donors (Lipinski definition) is 1. The van der Waals surface area contributed by atoms with Crippen LogP contribution in [0.15, 0.2) is 109 Å². The first-order valence-corrected chi connectivity index (χ1v) is 12.6. The molecular weight excluding hydrogens is 498 g/mol. The number of hydrogen-bond acceptors (Lipinski definition) is 4. The van der Waals surface area contributed by atoms with Gasteiger partial charge in [-0.1, -0.05) is 84.4 Å². The third-order valence-electron chi connectivity index (χ3n) is 5.91. The van der Waals surface area contributed by atoms with Crippen LogP contribution in [-0.2, 0) is 27.4 Å². The molecule has 4 aromatic carbocycles. The fourth-order valence-electron chi connectivity index (χ4n) is 3.89. The molecule has 1 N–H and O–H groups in total. The van der Waals surface area contributed by atoms with Gasteiger partial charge in [-0.3, -0.25) is 4.79 Å². The number of carbonyl (C=O) groups is 2. The van der Waals surface area contributed by atoms with Gasteiger partial charge in [0.15, 0.2) is 0 Å². The summed E-state index contributed by atoms with van der Waals surface area (Å²) in [6.45, 7) is 0.468. The first-order valence-electron chi connectivity index (χ1n) is 12.2. The number of nitrogens with one attached hydrogen (secondary N) is 1. The van der Waals surface area contributed by atoms with E-state index in [1.54, 1.807) is 6.08 Å². The molecule has 0 aliphatic heterocycles. The Labute approximate surface area is 227 Å². The molecule has 6 heteroatoms. The van der Waals surface area contributed by atoms with Crippen molar-refractivity contribution in [3.8, 4) is 16.9 Å². The zero-order chi connectivity index (χ0) is 26.7. The minimum absolute atomic E-state index is 0.289. The molecule has 0 heterocycles. The number of halogens is 1. The van der Waals surface area contributed by atoms with Crippen LogP contribution in [0.4, 0.5) is 0 Å². The Balaban J connectivity index is 1.36. The van der Waals surface area contributed by atoms with E-state index in [9.17, 15) is 9.59 Å². The van der Waals surface area contributed by atoms with Crippen molar-refractivity contribution in [1.29, 1.82) is 0 Å².